The van der Waals surface area contributed by atoms with Crippen LogP contribution in [-0.4, -0.2) is 9.97 Å². The molecular formula is C11H8Cl2N2. The second-order valence-electron chi connectivity index (χ2n) is 3.12. The fourth-order valence-electron chi connectivity index (χ4n) is 1.27. The highest BCUT2D eigenvalue weighted by molar-refractivity contribution is 6.42. The predicted octanol–water partition coefficient (Wildman–Crippen LogP) is 3.76. The molecule has 0 aliphatic rings. The van der Waals surface area contributed by atoms with E-state index in [0.717, 1.165) is 17.1 Å². The lowest BCUT2D eigenvalue weighted by molar-refractivity contribution is 1.06. The zero-order valence-corrected chi connectivity index (χ0v) is 9.55. The van der Waals surface area contributed by atoms with Gasteiger partial charge in [0.15, 0.2) is 0 Å². The van der Waals surface area contributed by atoms with E-state index in [4.69, 9.17) is 23.2 Å². The summed E-state index contributed by atoms with van der Waals surface area (Å²) in [6.07, 6.45) is 1.72. The summed E-state index contributed by atoms with van der Waals surface area (Å²) in [7, 11) is 0. The van der Waals surface area contributed by atoms with E-state index in [1.54, 1.807) is 18.3 Å². The van der Waals surface area contributed by atoms with E-state index in [0.29, 0.717) is 10.0 Å². The Labute approximate surface area is 97.9 Å². The van der Waals surface area contributed by atoms with Gasteiger partial charge in [0.05, 0.1) is 15.7 Å². The predicted molar refractivity (Wildman–Crippen MR) is 62.2 cm³/mol. The molecule has 0 aliphatic heterocycles. The zero-order valence-electron chi connectivity index (χ0n) is 8.04. The Morgan fingerprint density at radius 2 is 1.87 bits per heavy atom. The van der Waals surface area contributed by atoms with Crippen LogP contribution in [0.25, 0.3) is 11.3 Å². The Kier molecular flexibility index (Phi) is 2.89. The first kappa shape index (κ1) is 10.4. The molecule has 0 bridgehead atoms. The Bertz CT molecular complexity index is 498. The van der Waals surface area contributed by atoms with Crippen molar-refractivity contribution in [3.8, 4) is 11.3 Å². The van der Waals surface area contributed by atoms with Crippen LogP contribution in [0.4, 0.5) is 0 Å². The van der Waals surface area contributed by atoms with E-state index in [1.807, 2.05) is 19.1 Å². The Morgan fingerprint density at radius 3 is 2.53 bits per heavy atom. The molecule has 15 heavy (non-hydrogen) atoms. The largest absolute Gasteiger partial charge is 0.242 e. The number of benzene rings is 1. The van der Waals surface area contributed by atoms with E-state index in [-0.39, 0.29) is 0 Å². The third-order valence-corrected chi connectivity index (χ3v) is 2.73. The van der Waals surface area contributed by atoms with Crippen LogP contribution >= 0.6 is 23.2 Å². The molecule has 0 saturated carbocycles. The molecule has 0 amide bonds. The topological polar surface area (TPSA) is 25.8 Å². The van der Waals surface area contributed by atoms with Crippen molar-refractivity contribution in [1.82, 2.24) is 9.97 Å². The molecule has 0 radical (unpaired) electrons. The molecule has 4 heteroatoms. The molecule has 0 fully saturated rings. The molecule has 76 valence electrons. The summed E-state index contributed by atoms with van der Waals surface area (Å²) in [5, 5.41) is 1.08. The van der Waals surface area contributed by atoms with E-state index < -0.39 is 0 Å². The molecule has 0 unspecified atom stereocenters. The van der Waals surface area contributed by atoms with Crippen molar-refractivity contribution in [1.29, 1.82) is 0 Å². The molecule has 2 nitrogen and oxygen atoms in total. The standard InChI is InChI=1S/C11H8Cl2N2/c1-7-14-5-4-11(15-7)8-2-3-9(12)10(13)6-8/h2-6H,1H3. The molecule has 2 aromatic rings. The lowest BCUT2D eigenvalue weighted by Crippen LogP contribution is -1.89. The third-order valence-electron chi connectivity index (χ3n) is 1.99. The lowest BCUT2D eigenvalue weighted by Gasteiger charge is -2.02. The fourth-order valence-corrected chi connectivity index (χ4v) is 1.57. The first-order chi connectivity index (χ1) is 7.16. The van der Waals surface area contributed by atoms with Gasteiger partial charge in [-0.15, -0.1) is 0 Å². The van der Waals surface area contributed by atoms with Crippen LogP contribution in [-0.2, 0) is 0 Å². The van der Waals surface area contributed by atoms with E-state index in [1.165, 1.54) is 0 Å². The number of aryl methyl sites for hydroxylation is 1. The van der Waals surface area contributed by atoms with E-state index in [9.17, 15) is 0 Å². The monoisotopic (exact) mass is 238 g/mol. The average Bonchev–Trinajstić information content (AvgIpc) is 2.22. The first-order valence-electron chi connectivity index (χ1n) is 4.42. The van der Waals surface area contributed by atoms with Crippen LogP contribution in [0.5, 0.6) is 0 Å². The molecular weight excluding hydrogens is 231 g/mol. The van der Waals surface area contributed by atoms with Crippen molar-refractivity contribution < 1.29 is 0 Å². The number of aromatic nitrogens is 2. The Hall–Kier alpha value is -1.12. The van der Waals surface area contributed by atoms with Crippen molar-refractivity contribution in [2.75, 3.05) is 0 Å². The van der Waals surface area contributed by atoms with Crippen molar-refractivity contribution in [3.63, 3.8) is 0 Å². The molecule has 1 heterocycles. The summed E-state index contributed by atoms with van der Waals surface area (Å²) < 4.78 is 0. The average molecular weight is 239 g/mol. The number of rotatable bonds is 1. The van der Waals surface area contributed by atoms with Crippen LogP contribution < -0.4 is 0 Å². The van der Waals surface area contributed by atoms with Crippen molar-refractivity contribution in [2.45, 2.75) is 6.92 Å². The van der Waals surface area contributed by atoms with Crippen LogP contribution in [0, 0.1) is 6.92 Å². The van der Waals surface area contributed by atoms with Crippen molar-refractivity contribution in [3.05, 3.63) is 46.3 Å². The second kappa shape index (κ2) is 4.17. The summed E-state index contributed by atoms with van der Waals surface area (Å²) in [5.74, 6) is 0.735. The highest BCUT2D eigenvalue weighted by Crippen LogP contribution is 2.27. The third kappa shape index (κ3) is 2.28. The first-order valence-corrected chi connectivity index (χ1v) is 5.17. The minimum atomic E-state index is 0.533. The highest BCUT2D eigenvalue weighted by atomic mass is 35.5. The second-order valence-corrected chi connectivity index (χ2v) is 3.93. The quantitative estimate of drug-likeness (QED) is 0.757. The maximum absolute atomic E-state index is 5.93. The van der Waals surface area contributed by atoms with Gasteiger partial charge in [-0.3, -0.25) is 0 Å². The van der Waals surface area contributed by atoms with Gasteiger partial charge in [-0.25, -0.2) is 9.97 Å². The Morgan fingerprint density at radius 1 is 1.07 bits per heavy atom. The van der Waals surface area contributed by atoms with Crippen LogP contribution in [0.3, 0.4) is 0 Å². The van der Waals surface area contributed by atoms with Gasteiger partial charge in [0, 0.05) is 11.8 Å². The molecule has 0 atom stereocenters. The summed E-state index contributed by atoms with van der Waals surface area (Å²) in [6, 6.07) is 7.28. The maximum atomic E-state index is 5.93. The summed E-state index contributed by atoms with van der Waals surface area (Å²) in [5.41, 5.74) is 1.79. The van der Waals surface area contributed by atoms with Gasteiger partial charge in [0.1, 0.15) is 5.82 Å². The minimum absolute atomic E-state index is 0.533. The number of hydrogen-bond donors (Lipinski definition) is 0. The summed E-state index contributed by atoms with van der Waals surface area (Å²) >= 11 is 11.8. The van der Waals surface area contributed by atoms with Gasteiger partial charge in [-0.1, -0.05) is 29.3 Å². The Balaban J connectivity index is 2.50. The molecule has 0 saturated heterocycles. The highest BCUT2D eigenvalue weighted by Gasteiger charge is 2.03. The van der Waals surface area contributed by atoms with E-state index in [2.05, 4.69) is 9.97 Å². The number of halogens is 2. The minimum Gasteiger partial charge on any atom is -0.242 e. The smallest absolute Gasteiger partial charge is 0.125 e. The van der Waals surface area contributed by atoms with Crippen LogP contribution in [0.2, 0.25) is 10.0 Å². The van der Waals surface area contributed by atoms with E-state index >= 15 is 0 Å². The molecule has 0 spiro atoms. The lowest BCUT2D eigenvalue weighted by atomic mass is 10.1. The molecule has 1 aromatic carbocycles. The van der Waals surface area contributed by atoms with Gasteiger partial charge in [-0.05, 0) is 25.1 Å². The fraction of sp³-hybridized carbons (Fsp3) is 0.0909. The molecule has 2 rings (SSSR count). The summed E-state index contributed by atoms with van der Waals surface area (Å²) in [6.45, 7) is 1.85. The number of hydrogen-bond acceptors (Lipinski definition) is 2. The van der Waals surface area contributed by atoms with Gasteiger partial charge < -0.3 is 0 Å². The van der Waals surface area contributed by atoms with Crippen LogP contribution in [0.1, 0.15) is 5.82 Å². The summed E-state index contributed by atoms with van der Waals surface area (Å²) in [4.78, 5) is 8.34. The number of nitrogens with zero attached hydrogens (tertiary/aromatic N) is 2. The zero-order chi connectivity index (χ0) is 10.8. The van der Waals surface area contributed by atoms with Gasteiger partial charge in [0.25, 0.3) is 0 Å². The van der Waals surface area contributed by atoms with Crippen molar-refractivity contribution >= 4 is 23.2 Å². The SMILES string of the molecule is Cc1nccc(-c2ccc(Cl)c(Cl)c2)n1. The molecule has 0 N–H and O–H groups in total. The van der Waals surface area contributed by atoms with Crippen molar-refractivity contribution in [2.24, 2.45) is 0 Å². The van der Waals surface area contributed by atoms with Crippen LogP contribution in [0.15, 0.2) is 30.5 Å². The normalized spacial score (nSPS) is 10.3. The molecule has 1 aromatic heterocycles. The molecule has 0 aliphatic carbocycles. The van der Waals surface area contributed by atoms with Gasteiger partial charge >= 0.3 is 0 Å². The van der Waals surface area contributed by atoms with Gasteiger partial charge in [-0.2, -0.15) is 0 Å². The maximum Gasteiger partial charge on any atom is 0.125 e. The van der Waals surface area contributed by atoms with Gasteiger partial charge in [0.2, 0.25) is 0 Å².